The quantitative estimate of drug-likeness (QED) is 0.283. The standard InChI is InChI=1S/C30H26F3N5O/c1-18-13-34-14-19(2)38(18)22-9-7-20(8-10-22)21-15-35-29-27(16-36-37(29)17-21)25-11-12-26(28(39)30(31,32)33)24-6-4-3-5-23(24)25/h3-12,15-19,34H,13-14H2,1-2H3. The number of Topliss-reactive ketones (excluding diaryl/α,β-unsaturated/α-hetero) is 1. The molecule has 3 heterocycles. The molecule has 6 rings (SSSR count). The van der Waals surface area contributed by atoms with Gasteiger partial charge in [0.1, 0.15) is 0 Å². The normalized spacial score (nSPS) is 18.1. The van der Waals surface area contributed by atoms with Crippen LogP contribution in [0, 0.1) is 0 Å². The molecule has 6 nitrogen and oxygen atoms in total. The highest BCUT2D eigenvalue weighted by atomic mass is 19.4. The smallest absolute Gasteiger partial charge is 0.364 e. The molecule has 39 heavy (non-hydrogen) atoms. The van der Waals surface area contributed by atoms with E-state index in [0.717, 1.165) is 24.2 Å². The minimum atomic E-state index is -4.95. The molecule has 1 N–H and O–H groups in total. The van der Waals surface area contributed by atoms with Crippen LogP contribution >= 0.6 is 0 Å². The number of hydrogen-bond acceptors (Lipinski definition) is 5. The summed E-state index contributed by atoms with van der Waals surface area (Å²) >= 11 is 0. The van der Waals surface area contributed by atoms with Crippen molar-refractivity contribution in [1.82, 2.24) is 19.9 Å². The van der Waals surface area contributed by atoms with Gasteiger partial charge in [-0.3, -0.25) is 4.79 Å². The largest absolute Gasteiger partial charge is 0.454 e. The zero-order chi connectivity index (χ0) is 27.3. The molecule has 1 aliphatic heterocycles. The Balaban J connectivity index is 1.36. The van der Waals surface area contributed by atoms with Crippen molar-refractivity contribution in [3.8, 4) is 22.3 Å². The zero-order valence-electron chi connectivity index (χ0n) is 21.4. The van der Waals surface area contributed by atoms with Crippen LogP contribution in [0.3, 0.4) is 0 Å². The molecule has 9 heteroatoms. The molecule has 0 amide bonds. The lowest BCUT2D eigenvalue weighted by molar-refractivity contribution is -0.0884. The lowest BCUT2D eigenvalue weighted by atomic mass is 9.94. The van der Waals surface area contributed by atoms with Crippen molar-refractivity contribution in [2.24, 2.45) is 0 Å². The van der Waals surface area contributed by atoms with Crippen molar-refractivity contribution in [2.45, 2.75) is 32.1 Å². The van der Waals surface area contributed by atoms with Crippen LogP contribution in [0.5, 0.6) is 0 Å². The van der Waals surface area contributed by atoms with Crippen molar-refractivity contribution in [1.29, 1.82) is 0 Å². The van der Waals surface area contributed by atoms with Crippen LogP contribution < -0.4 is 10.2 Å². The Labute approximate surface area is 223 Å². The maximum absolute atomic E-state index is 13.2. The van der Waals surface area contributed by atoms with E-state index in [1.54, 1.807) is 35.1 Å². The van der Waals surface area contributed by atoms with Crippen molar-refractivity contribution in [3.63, 3.8) is 0 Å². The van der Waals surface area contributed by atoms with E-state index in [1.807, 2.05) is 6.20 Å². The molecule has 198 valence electrons. The van der Waals surface area contributed by atoms with E-state index in [4.69, 9.17) is 0 Å². The Morgan fingerprint density at radius 2 is 1.56 bits per heavy atom. The van der Waals surface area contributed by atoms with Crippen LogP contribution in [0.15, 0.2) is 79.3 Å². The summed E-state index contributed by atoms with van der Waals surface area (Å²) in [4.78, 5) is 19.1. The number of ketones is 1. The van der Waals surface area contributed by atoms with Crippen molar-refractivity contribution < 1.29 is 18.0 Å². The van der Waals surface area contributed by atoms with E-state index in [-0.39, 0.29) is 10.9 Å². The minimum Gasteiger partial charge on any atom is -0.364 e. The van der Waals surface area contributed by atoms with Crippen LogP contribution in [0.1, 0.15) is 24.2 Å². The van der Waals surface area contributed by atoms with Gasteiger partial charge in [-0.15, -0.1) is 0 Å². The number of aromatic nitrogens is 3. The Kier molecular flexibility index (Phi) is 6.10. The molecule has 2 aromatic heterocycles. The van der Waals surface area contributed by atoms with E-state index >= 15 is 0 Å². The van der Waals surface area contributed by atoms with Gasteiger partial charge in [-0.05, 0) is 53.9 Å². The average Bonchev–Trinajstić information content (AvgIpc) is 3.35. The van der Waals surface area contributed by atoms with Crippen LogP contribution in [-0.4, -0.2) is 51.7 Å². The lowest BCUT2D eigenvalue weighted by Crippen LogP contribution is -2.55. The highest BCUT2D eigenvalue weighted by Crippen LogP contribution is 2.35. The SMILES string of the molecule is CC1CNCC(C)N1c1ccc(-c2cnc3c(-c4ccc(C(=O)C(F)(F)F)c5ccccc45)cnn3c2)cc1. The van der Waals surface area contributed by atoms with Crippen LogP contribution in [-0.2, 0) is 0 Å². The van der Waals surface area contributed by atoms with E-state index in [2.05, 4.69) is 58.4 Å². The second-order valence-electron chi connectivity index (χ2n) is 10.0. The maximum Gasteiger partial charge on any atom is 0.454 e. The average molecular weight is 530 g/mol. The molecular formula is C30H26F3N5O. The highest BCUT2D eigenvalue weighted by Gasteiger charge is 2.40. The predicted octanol–water partition coefficient (Wildman–Crippen LogP) is 6.15. The first-order chi connectivity index (χ1) is 18.7. The number of piperazine rings is 1. The number of anilines is 1. The van der Waals surface area contributed by atoms with E-state index in [0.29, 0.717) is 34.2 Å². The highest BCUT2D eigenvalue weighted by molar-refractivity contribution is 6.14. The number of carbonyl (C=O) groups excluding carboxylic acids is 1. The number of benzene rings is 3. The van der Waals surface area contributed by atoms with Crippen molar-refractivity contribution in [2.75, 3.05) is 18.0 Å². The zero-order valence-corrected chi connectivity index (χ0v) is 21.4. The maximum atomic E-state index is 13.2. The molecule has 5 aromatic rings. The number of rotatable bonds is 4. The van der Waals surface area contributed by atoms with Crippen LogP contribution in [0.25, 0.3) is 38.7 Å². The van der Waals surface area contributed by atoms with Gasteiger partial charge in [-0.2, -0.15) is 18.3 Å². The van der Waals surface area contributed by atoms with E-state index < -0.39 is 12.0 Å². The number of carbonyl (C=O) groups is 1. The molecule has 0 aliphatic carbocycles. The van der Waals surface area contributed by atoms with Crippen molar-refractivity contribution in [3.05, 3.63) is 84.8 Å². The summed E-state index contributed by atoms with van der Waals surface area (Å²) in [6, 6.07) is 18.6. The fourth-order valence-corrected chi connectivity index (χ4v) is 5.57. The number of alkyl halides is 3. The lowest BCUT2D eigenvalue weighted by Gasteiger charge is -2.41. The topological polar surface area (TPSA) is 62.5 Å². The third kappa shape index (κ3) is 4.42. The monoisotopic (exact) mass is 529 g/mol. The second kappa shape index (κ2) is 9.50. The summed E-state index contributed by atoms with van der Waals surface area (Å²) in [6.07, 6.45) is 0.359. The summed E-state index contributed by atoms with van der Waals surface area (Å²) in [5, 5.41) is 8.71. The first kappa shape index (κ1) is 25.1. The number of nitrogens with one attached hydrogen (secondary N) is 1. The third-order valence-electron chi connectivity index (χ3n) is 7.40. The summed E-state index contributed by atoms with van der Waals surface area (Å²) < 4.78 is 41.3. The Morgan fingerprint density at radius 1 is 0.872 bits per heavy atom. The van der Waals surface area contributed by atoms with Crippen molar-refractivity contribution >= 4 is 27.9 Å². The van der Waals surface area contributed by atoms with Crippen LogP contribution in [0.4, 0.5) is 18.9 Å². The first-order valence-electron chi connectivity index (χ1n) is 12.8. The molecule has 0 radical (unpaired) electrons. The fraction of sp³-hybridized carbons (Fsp3) is 0.233. The molecule has 1 aliphatic rings. The van der Waals surface area contributed by atoms with Gasteiger partial charge in [0, 0.05) is 59.9 Å². The Bertz CT molecular complexity index is 1680. The summed E-state index contributed by atoms with van der Waals surface area (Å²) in [7, 11) is 0. The second-order valence-corrected chi connectivity index (χ2v) is 10.0. The summed E-state index contributed by atoms with van der Waals surface area (Å²) in [6.45, 7) is 6.33. The first-order valence-corrected chi connectivity index (χ1v) is 12.8. The van der Waals surface area contributed by atoms with Gasteiger partial charge in [-0.1, -0.05) is 42.5 Å². The van der Waals surface area contributed by atoms with Gasteiger partial charge < -0.3 is 10.2 Å². The van der Waals surface area contributed by atoms with Gasteiger partial charge in [-0.25, -0.2) is 9.50 Å². The van der Waals surface area contributed by atoms with E-state index in [1.165, 1.54) is 23.9 Å². The molecule has 1 fully saturated rings. The fourth-order valence-electron chi connectivity index (χ4n) is 5.57. The molecule has 1 saturated heterocycles. The molecule has 0 bridgehead atoms. The third-order valence-corrected chi connectivity index (χ3v) is 7.40. The number of halogens is 3. The van der Waals surface area contributed by atoms with Gasteiger partial charge >= 0.3 is 6.18 Å². The summed E-state index contributed by atoms with van der Waals surface area (Å²) in [5.41, 5.74) is 4.58. The Hall–Kier alpha value is -4.24. The molecular weight excluding hydrogens is 503 g/mol. The minimum absolute atomic E-state index is 0.238. The molecule has 3 aromatic carbocycles. The number of hydrogen-bond donors (Lipinski definition) is 1. The molecule has 2 atom stereocenters. The van der Waals surface area contributed by atoms with Gasteiger partial charge in [0.15, 0.2) is 5.65 Å². The molecule has 2 unspecified atom stereocenters. The summed E-state index contributed by atoms with van der Waals surface area (Å²) in [5.74, 6) is -1.86. The molecule has 0 saturated carbocycles. The van der Waals surface area contributed by atoms with E-state index in [9.17, 15) is 18.0 Å². The number of fused-ring (bicyclic) bond motifs is 2. The number of nitrogens with zero attached hydrogens (tertiary/aromatic N) is 4. The molecule has 0 spiro atoms. The predicted molar refractivity (Wildman–Crippen MR) is 146 cm³/mol. The van der Waals surface area contributed by atoms with Crippen LogP contribution in [0.2, 0.25) is 0 Å². The Morgan fingerprint density at radius 3 is 2.26 bits per heavy atom. The van der Waals surface area contributed by atoms with Gasteiger partial charge in [0.25, 0.3) is 5.78 Å². The van der Waals surface area contributed by atoms with Gasteiger partial charge in [0.2, 0.25) is 0 Å². The van der Waals surface area contributed by atoms with Gasteiger partial charge in [0.05, 0.1) is 6.20 Å².